The number of aliphatic hydroxyl groups excluding tert-OH is 3. The molecular formula is C13H18N2O7. The fourth-order valence-electron chi connectivity index (χ4n) is 2.21. The highest BCUT2D eigenvalue weighted by atomic mass is 16.6. The zero-order valence-electron chi connectivity index (χ0n) is 11.9. The predicted octanol–water partition coefficient (Wildman–Crippen LogP) is -0.156. The van der Waals surface area contributed by atoms with Crippen LogP contribution in [0.15, 0.2) is 18.2 Å². The average molecular weight is 314 g/mol. The summed E-state index contributed by atoms with van der Waals surface area (Å²) < 4.78 is 10.4. The Kier molecular flexibility index (Phi) is 5.14. The van der Waals surface area contributed by atoms with Gasteiger partial charge in [-0.1, -0.05) is 0 Å². The summed E-state index contributed by atoms with van der Waals surface area (Å²) >= 11 is 0. The number of nitro benzene ring substituents is 1. The van der Waals surface area contributed by atoms with Gasteiger partial charge in [-0.15, -0.1) is 0 Å². The summed E-state index contributed by atoms with van der Waals surface area (Å²) in [6, 6.07) is 4.23. The third-order valence-corrected chi connectivity index (χ3v) is 3.32. The summed E-state index contributed by atoms with van der Waals surface area (Å²) in [6.07, 6.45) is -4.61. The highest BCUT2D eigenvalue weighted by Crippen LogP contribution is 2.32. The van der Waals surface area contributed by atoms with Crippen molar-refractivity contribution in [2.24, 2.45) is 0 Å². The van der Waals surface area contributed by atoms with Gasteiger partial charge in [0.25, 0.3) is 5.69 Å². The minimum atomic E-state index is -1.32. The van der Waals surface area contributed by atoms with Crippen molar-refractivity contribution in [2.75, 3.05) is 18.5 Å². The van der Waals surface area contributed by atoms with Gasteiger partial charge >= 0.3 is 0 Å². The summed E-state index contributed by atoms with van der Waals surface area (Å²) in [5, 5.41) is 42.3. The van der Waals surface area contributed by atoms with E-state index in [4.69, 9.17) is 14.6 Å². The molecule has 1 aliphatic heterocycles. The van der Waals surface area contributed by atoms with Crippen molar-refractivity contribution < 1.29 is 29.7 Å². The predicted molar refractivity (Wildman–Crippen MR) is 75.6 cm³/mol. The maximum Gasteiger partial charge on any atom is 0.296 e. The lowest BCUT2D eigenvalue weighted by atomic mass is 10.1. The number of rotatable bonds is 6. The lowest BCUT2D eigenvalue weighted by Crippen LogP contribution is -2.36. The van der Waals surface area contributed by atoms with Crippen molar-refractivity contribution in [2.45, 2.75) is 31.5 Å². The smallest absolute Gasteiger partial charge is 0.296 e. The fraction of sp³-hybridized carbons (Fsp3) is 0.538. The molecule has 0 bridgehead atoms. The van der Waals surface area contributed by atoms with Crippen LogP contribution in [0.25, 0.3) is 0 Å². The number of nitrogens with zero attached hydrogens (tertiary/aromatic N) is 1. The second-order valence-electron chi connectivity index (χ2n) is 4.77. The molecule has 2 rings (SSSR count). The number of anilines is 1. The molecule has 0 saturated carbocycles. The molecule has 1 aliphatic rings. The molecule has 0 amide bonds. The van der Waals surface area contributed by atoms with E-state index in [0.29, 0.717) is 12.4 Å². The van der Waals surface area contributed by atoms with Crippen molar-refractivity contribution in [3.05, 3.63) is 28.3 Å². The molecule has 122 valence electrons. The minimum absolute atomic E-state index is 0.114. The van der Waals surface area contributed by atoms with E-state index in [1.165, 1.54) is 12.1 Å². The van der Waals surface area contributed by atoms with Gasteiger partial charge in [-0.05, 0) is 19.1 Å². The second-order valence-corrected chi connectivity index (χ2v) is 4.77. The fourth-order valence-corrected chi connectivity index (χ4v) is 2.21. The third-order valence-electron chi connectivity index (χ3n) is 3.32. The Balaban J connectivity index is 2.20. The lowest BCUT2D eigenvalue weighted by Gasteiger charge is -2.18. The van der Waals surface area contributed by atoms with Crippen LogP contribution in [-0.4, -0.2) is 58.0 Å². The number of hydrogen-bond acceptors (Lipinski definition) is 8. The van der Waals surface area contributed by atoms with Gasteiger partial charge in [0.15, 0.2) is 6.23 Å². The molecule has 1 heterocycles. The molecule has 0 aliphatic carbocycles. The van der Waals surface area contributed by atoms with E-state index in [-0.39, 0.29) is 11.4 Å². The molecule has 22 heavy (non-hydrogen) atoms. The van der Waals surface area contributed by atoms with Crippen LogP contribution in [-0.2, 0) is 4.74 Å². The number of hydrogen-bond donors (Lipinski definition) is 4. The number of ether oxygens (including phenoxy) is 2. The Bertz CT molecular complexity index is 539. The van der Waals surface area contributed by atoms with Crippen molar-refractivity contribution >= 4 is 11.4 Å². The summed E-state index contributed by atoms with van der Waals surface area (Å²) in [4.78, 5) is 10.5. The molecule has 0 spiro atoms. The van der Waals surface area contributed by atoms with E-state index in [0.717, 1.165) is 0 Å². The maximum absolute atomic E-state index is 11.1. The van der Waals surface area contributed by atoms with Crippen LogP contribution >= 0.6 is 0 Å². The van der Waals surface area contributed by atoms with Gasteiger partial charge in [0.2, 0.25) is 0 Å². The zero-order valence-corrected chi connectivity index (χ0v) is 11.9. The molecule has 1 aromatic rings. The summed E-state index contributed by atoms with van der Waals surface area (Å²) in [7, 11) is 0. The minimum Gasteiger partial charge on any atom is -0.494 e. The van der Waals surface area contributed by atoms with Crippen LogP contribution in [0, 0.1) is 10.1 Å². The number of benzene rings is 1. The molecule has 0 aromatic heterocycles. The molecule has 4 atom stereocenters. The SMILES string of the molecule is CCOc1ccc(N[C@H]2O[C@@H](CO)[C@@H](O)[C@H]2O)c([N+](=O)[O-])c1. The highest BCUT2D eigenvalue weighted by Gasteiger charge is 2.42. The van der Waals surface area contributed by atoms with E-state index in [1.54, 1.807) is 13.0 Å². The summed E-state index contributed by atoms with van der Waals surface area (Å²) in [5.74, 6) is 0.348. The highest BCUT2D eigenvalue weighted by molar-refractivity contribution is 5.64. The Labute approximate surface area is 126 Å². The number of aliphatic hydroxyl groups is 3. The van der Waals surface area contributed by atoms with E-state index in [9.17, 15) is 20.3 Å². The molecule has 0 unspecified atom stereocenters. The molecule has 4 N–H and O–H groups in total. The normalized spacial score (nSPS) is 27.6. The second kappa shape index (κ2) is 6.88. The zero-order chi connectivity index (χ0) is 16.3. The van der Waals surface area contributed by atoms with Gasteiger partial charge < -0.3 is 30.1 Å². The van der Waals surface area contributed by atoms with Gasteiger partial charge in [0.1, 0.15) is 29.7 Å². The maximum atomic E-state index is 11.1. The van der Waals surface area contributed by atoms with Crippen LogP contribution in [0.1, 0.15) is 6.92 Å². The Morgan fingerprint density at radius 2 is 2.14 bits per heavy atom. The quantitative estimate of drug-likeness (QED) is 0.420. The molecule has 1 saturated heterocycles. The van der Waals surface area contributed by atoms with Crippen molar-refractivity contribution in [3.63, 3.8) is 0 Å². The molecule has 1 aromatic carbocycles. The van der Waals surface area contributed by atoms with Crippen molar-refractivity contribution in [1.82, 2.24) is 0 Å². The molecule has 0 radical (unpaired) electrons. The first kappa shape index (κ1) is 16.4. The van der Waals surface area contributed by atoms with Crippen LogP contribution in [0.5, 0.6) is 5.75 Å². The number of nitrogens with one attached hydrogen (secondary N) is 1. The van der Waals surface area contributed by atoms with E-state index >= 15 is 0 Å². The average Bonchev–Trinajstić information content (AvgIpc) is 2.76. The Morgan fingerprint density at radius 1 is 1.41 bits per heavy atom. The first-order valence-electron chi connectivity index (χ1n) is 6.78. The van der Waals surface area contributed by atoms with Gasteiger partial charge in [-0.2, -0.15) is 0 Å². The standard InChI is InChI=1S/C13H18N2O7/c1-2-21-7-3-4-8(9(5-7)15(19)20)14-13-12(18)11(17)10(6-16)22-13/h3-5,10-14,16-18H,2,6H2,1H3/t10-,11+,12+,13-/m0/s1. The van der Waals surface area contributed by atoms with Gasteiger partial charge in [-0.3, -0.25) is 10.1 Å². The first-order chi connectivity index (χ1) is 10.5. The summed E-state index contributed by atoms with van der Waals surface area (Å²) in [5.41, 5.74) is -0.132. The Hall–Kier alpha value is -1.94. The molecule has 1 fully saturated rings. The van der Waals surface area contributed by atoms with Gasteiger partial charge in [0, 0.05) is 0 Å². The van der Waals surface area contributed by atoms with E-state index < -0.39 is 36.1 Å². The van der Waals surface area contributed by atoms with Crippen LogP contribution in [0.4, 0.5) is 11.4 Å². The van der Waals surface area contributed by atoms with Crippen LogP contribution in [0.3, 0.4) is 0 Å². The van der Waals surface area contributed by atoms with Gasteiger partial charge in [-0.25, -0.2) is 0 Å². The van der Waals surface area contributed by atoms with Crippen LogP contribution in [0.2, 0.25) is 0 Å². The largest absolute Gasteiger partial charge is 0.494 e. The molecule has 9 heteroatoms. The van der Waals surface area contributed by atoms with Crippen molar-refractivity contribution in [1.29, 1.82) is 0 Å². The van der Waals surface area contributed by atoms with E-state index in [2.05, 4.69) is 5.32 Å². The molecule has 9 nitrogen and oxygen atoms in total. The summed E-state index contributed by atoms with van der Waals surface area (Å²) in [6.45, 7) is 1.66. The van der Waals surface area contributed by atoms with Crippen molar-refractivity contribution in [3.8, 4) is 5.75 Å². The first-order valence-corrected chi connectivity index (χ1v) is 6.78. The lowest BCUT2D eigenvalue weighted by molar-refractivity contribution is -0.384. The third kappa shape index (κ3) is 3.28. The topological polar surface area (TPSA) is 134 Å². The Morgan fingerprint density at radius 3 is 2.68 bits per heavy atom. The van der Waals surface area contributed by atoms with Crippen LogP contribution < -0.4 is 10.1 Å². The van der Waals surface area contributed by atoms with Gasteiger partial charge in [0.05, 0.1) is 24.2 Å². The van der Waals surface area contributed by atoms with E-state index in [1.807, 2.05) is 0 Å². The number of nitro groups is 1. The monoisotopic (exact) mass is 314 g/mol. The molecular weight excluding hydrogens is 296 g/mol.